The summed E-state index contributed by atoms with van der Waals surface area (Å²) in [6.07, 6.45) is -5.24. The summed E-state index contributed by atoms with van der Waals surface area (Å²) in [7, 11) is 1.48. The maximum atomic E-state index is 13.0. The lowest BCUT2D eigenvalue weighted by Gasteiger charge is -2.27. The Morgan fingerprint density at radius 1 is 1.62 bits per heavy atom. The fourth-order valence-corrected chi connectivity index (χ4v) is 2.42. The van der Waals surface area contributed by atoms with Crippen LogP contribution in [0.25, 0.3) is 0 Å². The van der Waals surface area contributed by atoms with Gasteiger partial charge in [-0.1, -0.05) is 5.16 Å². The number of alkyl halides is 3. The van der Waals surface area contributed by atoms with E-state index in [4.69, 9.17) is 14.4 Å². The largest absolute Gasteiger partial charge is 0.481 e. The first-order valence-electron chi connectivity index (χ1n) is 6.24. The number of ether oxygens (including phenoxy) is 1. The van der Waals surface area contributed by atoms with E-state index in [2.05, 4.69) is 5.16 Å². The maximum absolute atomic E-state index is 13.0. The van der Waals surface area contributed by atoms with Crippen molar-refractivity contribution in [1.82, 2.24) is 10.1 Å². The summed E-state index contributed by atoms with van der Waals surface area (Å²) in [6, 6.07) is 1.58. The second-order valence-corrected chi connectivity index (χ2v) is 5.06. The van der Waals surface area contributed by atoms with Gasteiger partial charge in [0.25, 0.3) is 0 Å². The zero-order chi connectivity index (χ0) is 15.7. The average Bonchev–Trinajstić information content (AvgIpc) is 2.97. The lowest BCUT2D eigenvalue weighted by molar-refractivity contribution is -0.227. The topological polar surface area (TPSA) is 75.8 Å². The van der Waals surface area contributed by atoms with E-state index in [1.165, 1.54) is 12.0 Å². The summed E-state index contributed by atoms with van der Waals surface area (Å²) in [5.41, 5.74) is -2.25. The van der Waals surface area contributed by atoms with E-state index >= 15 is 0 Å². The van der Waals surface area contributed by atoms with Gasteiger partial charge in [-0.25, -0.2) is 0 Å². The molecule has 1 fully saturated rings. The Kier molecular flexibility index (Phi) is 4.24. The van der Waals surface area contributed by atoms with Crippen LogP contribution in [-0.2, 0) is 22.7 Å². The molecular formula is C12H15F3N2O4. The number of methoxy groups -OCH3 is 1. The van der Waals surface area contributed by atoms with E-state index in [0.29, 0.717) is 11.5 Å². The molecule has 1 aromatic heterocycles. The predicted molar refractivity (Wildman–Crippen MR) is 63.2 cm³/mol. The third kappa shape index (κ3) is 3.03. The predicted octanol–water partition coefficient (Wildman–Crippen LogP) is 1.66. The number of rotatable bonds is 5. The van der Waals surface area contributed by atoms with Crippen molar-refractivity contribution in [3.05, 3.63) is 17.5 Å². The first kappa shape index (κ1) is 15.8. The van der Waals surface area contributed by atoms with Crippen LogP contribution in [0.15, 0.2) is 10.6 Å². The molecule has 1 atom stereocenters. The summed E-state index contributed by atoms with van der Waals surface area (Å²) in [5, 5.41) is 12.7. The highest BCUT2D eigenvalue weighted by molar-refractivity contribution is 5.76. The minimum atomic E-state index is -4.78. The van der Waals surface area contributed by atoms with Gasteiger partial charge in [0.05, 0.1) is 5.69 Å². The van der Waals surface area contributed by atoms with Crippen LogP contribution >= 0.6 is 0 Å². The Balaban J connectivity index is 2.05. The third-order valence-electron chi connectivity index (χ3n) is 3.58. The van der Waals surface area contributed by atoms with Gasteiger partial charge in [0.2, 0.25) is 0 Å². The monoisotopic (exact) mass is 308 g/mol. The summed E-state index contributed by atoms with van der Waals surface area (Å²) in [5.74, 6) is -1.37. The van der Waals surface area contributed by atoms with Crippen LogP contribution in [0.2, 0.25) is 0 Å². The van der Waals surface area contributed by atoms with Gasteiger partial charge in [0.15, 0.2) is 11.2 Å². The van der Waals surface area contributed by atoms with Crippen molar-refractivity contribution in [3.8, 4) is 0 Å². The van der Waals surface area contributed by atoms with Gasteiger partial charge >= 0.3 is 12.1 Å². The first-order chi connectivity index (χ1) is 9.78. The molecule has 0 bridgehead atoms. The average molecular weight is 308 g/mol. The van der Waals surface area contributed by atoms with Crippen molar-refractivity contribution in [2.75, 3.05) is 20.2 Å². The maximum Gasteiger partial charge on any atom is 0.406 e. The molecule has 21 heavy (non-hydrogen) atoms. The molecule has 118 valence electrons. The van der Waals surface area contributed by atoms with Crippen LogP contribution in [-0.4, -0.2) is 47.5 Å². The van der Waals surface area contributed by atoms with Crippen molar-refractivity contribution >= 4 is 5.97 Å². The molecule has 0 saturated carbocycles. The number of halogens is 3. The number of carbonyl (C=O) groups is 1. The molecule has 1 unspecified atom stereocenters. The lowest BCUT2D eigenvalue weighted by atomic mass is 9.86. The number of hydrogen-bond donors (Lipinski definition) is 1. The molecule has 1 aliphatic heterocycles. The van der Waals surface area contributed by atoms with Gasteiger partial charge in [0.1, 0.15) is 6.61 Å². The number of nitrogens with zero attached hydrogens (tertiary/aromatic N) is 2. The molecule has 0 aromatic carbocycles. The molecule has 1 aliphatic rings. The Bertz CT molecular complexity index is 517. The number of carboxylic acid groups (broad SMARTS) is 1. The molecule has 0 amide bonds. The van der Waals surface area contributed by atoms with Crippen LogP contribution in [0.5, 0.6) is 0 Å². The fraction of sp³-hybridized carbons (Fsp3) is 0.667. The van der Waals surface area contributed by atoms with Crippen LogP contribution in [0.3, 0.4) is 0 Å². The summed E-state index contributed by atoms with van der Waals surface area (Å²) in [4.78, 5) is 12.5. The van der Waals surface area contributed by atoms with Crippen LogP contribution in [0.1, 0.15) is 17.9 Å². The van der Waals surface area contributed by atoms with Gasteiger partial charge in [-0.3, -0.25) is 9.69 Å². The summed E-state index contributed by atoms with van der Waals surface area (Å²) >= 11 is 0. The van der Waals surface area contributed by atoms with Crippen LogP contribution in [0.4, 0.5) is 13.2 Å². The standard InChI is InChI=1S/C12H15F3N2O4/c1-20-6-9-4-8(16-21-9)5-17-3-2-11(7-17,10(18)19)12(13,14)15/h4H,2-3,5-7H2,1H3,(H,18,19). The van der Waals surface area contributed by atoms with Crippen LogP contribution < -0.4 is 0 Å². The number of aromatic nitrogens is 1. The van der Waals surface area contributed by atoms with E-state index in [0.717, 1.165) is 0 Å². The molecule has 0 aliphatic carbocycles. The Morgan fingerprint density at radius 2 is 2.33 bits per heavy atom. The lowest BCUT2D eigenvalue weighted by Crippen LogP contribution is -2.47. The highest BCUT2D eigenvalue weighted by Crippen LogP contribution is 2.45. The quantitative estimate of drug-likeness (QED) is 0.891. The SMILES string of the molecule is COCc1cc(CN2CCC(C(=O)O)(C(F)(F)F)C2)no1. The first-order valence-corrected chi connectivity index (χ1v) is 6.24. The molecule has 1 N–H and O–H groups in total. The Labute approximate surface area is 118 Å². The second kappa shape index (κ2) is 5.64. The summed E-state index contributed by atoms with van der Waals surface area (Å²) < 4.78 is 48.9. The minimum absolute atomic E-state index is 0.0400. The zero-order valence-electron chi connectivity index (χ0n) is 11.3. The fourth-order valence-electron chi connectivity index (χ4n) is 2.42. The highest BCUT2D eigenvalue weighted by atomic mass is 19.4. The molecular weight excluding hydrogens is 293 g/mol. The van der Waals surface area contributed by atoms with Crippen molar-refractivity contribution in [3.63, 3.8) is 0 Å². The van der Waals surface area contributed by atoms with Crippen molar-refractivity contribution < 1.29 is 32.3 Å². The molecule has 2 heterocycles. The smallest absolute Gasteiger partial charge is 0.406 e. The van der Waals surface area contributed by atoms with Crippen molar-refractivity contribution in [2.45, 2.75) is 25.7 Å². The van der Waals surface area contributed by atoms with E-state index in [-0.39, 0.29) is 19.7 Å². The summed E-state index contributed by atoms with van der Waals surface area (Å²) in [6.45, 7) is -0.219. The van der Waals surface area contributed by atoms with E-state index in [1.54, 1.807) is 6.07 Å². The minimum Gasteiger partial charge on any atom is -0.481 e. The second-order valence-electron chi connectivity index (χ2n) is 5.06. The van der Waals surface area contributed by atoms with Gasteiger partial charge < -0.3 is 14.4 Å². The molecule has 0 spiro atoms. The molecule has 2 rings (SSSR count). The number of likely N-dealkylation sites (tertiary alicyclic amines) is 1. The van der Waals surface area contributed by atoms with Gasteiger partial charge in [0, 0.05) is 32.8 Å². The Morgan fingerprint density at radius 3 is 2.86 bits per heavy atom. The van der Waals surface area contributed by atoms with E-state index in [1.807, 2.05) is 0 Å². The molecule has 9 heteroatoms. The zero-order valence-corrected chi connectivity index (χ0v) is 11.3. The number of aliphatic carboxylic acids is 1. The molecule has 1 saturated heterocycles. The van der Waals surface area contributed by atoms with Crippen molar-refractivity contribution in [2.24, 2.45) is 5.41 Å². The van der Waals surface area contributed by atoms with Crippen molar-refractivity contribution in [1.29, 1.82) is 0 Å². The number of hydrogen-bond acceptors (Lipinski definition) is 5. The molecule has 0 radical (unpaired) electrons. The third-order valence-corrected chi connectivity index (χ3v) is 3.58. The Hall–Kier alpha value is -1.61. The van der Waals surface area contributed by atoms with E-state index in [9.17, 15) is 18.0 Å². The van der Waals surface area contributed by atoms with Gasteiger partial charge in [-0.2, -0.15) is 13.2 Å². The van der Waals surface area contributed by atoms with E-state index < -0.39 is 30.5 Å². The normalized spacial score (nSPS) is 23.6. The molecule has 6 nitrogen and oxygen atoms in total. The highest BCUT2D eigenvalue weighted by Gasteiger charge is 2.63. The molecule has 1 aromatic rings. The van der Waals surface area contributed by atoms with Crippen LogP contribution in [0, 0.1) is 5.41 Å². The van der Waals surface area contributed by atoms with Gasteiger partial charge in [-0.05, 0) is 6.42 Å². The van der Waals surface area contributed by atoms with Gasteiger partial charge in [-0.15, -0.1) is 0 Å². The number of carboxylic acids is 1.